The Labute approximate surface area is 122 Å². The fourth-order valence-electron chi connectivity index (χ4n) is 1.91. The zero-order chi connectivity index (χ0) is 14.9. The lowest BCUT2D eigenvalue weighted by Gasteiger charge is -2.09. The van der Waals surface area contributed by atoms with Gasteiger partial charge >= 0.3 is 6.18 Å². The van der Waals surface area contributed by atoms with Crippen molar-refractivity contribution in [1.82, 2.24) is 9.97 Å². The van der Waals surface area contributed by atoms with Crippen LogP contribution in [0, 0.1) is 0 Å². The Kier molecular flexibility index (Phi) is 3.50. The number of aromatic nitrogens is 2. The van der Waals surface area contributed by atoms with Crippen molar-refractivity contribution in [3.63, 3.8) is 0 Å². The number of alkyl halides is 3. The number of hydrogen-bond donors (Lipinski definition) is 1. The maximum Gasteiger partial charge on any atom is 0.416 e. The van der Waals surface area contributed by atoms with E-state index in [2.05, 4.69) is 15.3 Å². The van der Waals surface area contributed by atoms with Crippen molar-refractivity contribution in [2.24, 2.45) is 0 Å². The molecule has 7 heteroatoms. The third kappa shape index (κ3) is 2.97. The molecule has 2 aromatic heterocycles. The smallest absolute Gasteiger partial charge is 0.365 e. The second-order valence-electron chi connectivity index (χ2n) is 4.41. The maximum atomic E-state index is 12.5. The Bertz CT molecular complexity index is 750. The van der Waals surface area contributed by atoms with Gasteiger partial charge in [-0.05, 0) is 29.1 Å². The molecule has 3 nitrogen and oxygen atoms in total. The van der Waals surface area contributed by atoms with E-state index in [1.165, 1.54) is 29.8 Å². The van der Waals surface area contributed by atoms with Crippen molar-refractivity contribution in [2.45, 2.75) is 12.7 Å². The van der Waals surface area contributed by atoms with Crippen molar-refractivity contribution in [2.75, 3.05) is 5.32 Å². The van der Waals surface area contributed by atoms with Gasteiger partial charge in [0.1, 0.15) is 12.1 Å². The van der Waals surface area contributed by atoms with Crippen LogP contribution in [0.15, 0.2) is 42.0 Å². The van der Waals surface area contributed by atoms with Crippen LogP contribution in [0.2, 0.25) is 0 Å². The first kappa shape index (κ1) is 13.8. The standard InChI is InChI=1S/C14H10F3N3S/c15-14(16,17)10-3-1-9(2-4-10)7-18-13-12-11(5-6-21-12)19-8-20-13/h1-6,8H,7H2,(H,18,19,20). The summed E-state index contributed by atoms with van der Waals surface area (Å²) in [4.78, 5) is 8.29. The first-order chi connectivity index (χ1) is 10.0. The second kappa shape index (κ2) is 5.33. The van der Waals surface area contributed by atoms with E-state index >= 15 is 0 Å². The maximum absolute atomic E-state index is 12.5. The predicted octanol–water partition coefficient (Wildman–Crippen LogP) is 4.32. The van der Waals surface area contributed by atoms with Gasteiger partial charge in [0, 0.05) is 6.54 Å². The Balaban J connectivity index is 1.74. The number of anilines is 1. The molecule has 1 aromatic carbocycles. The van der Waals surface area contributed by atoms with Gasteiger partial charge in [-0.15, -0.1) is 11.3 Å². The van der Waals surface area contributed by atoms with Gasteiger partial charge in [-0.1, -0.05) is 12.1 Å². The normalized spacial score (nSPS) is 11.8. The van der Waals surface area contributed by atoms with E-state index < -0.39 is 11.7 Å². The van der Waals surface area contributed by atoms with Crippen LogP contribution in [-0.2, 0) is 12.7 Å². The van der Waals surface area contributed by atoms with Gasteiger partial charge in [-0.25, -0.2) is 9.97 Å². The summed E-state index contributed by atoms with van der Waals surface area (Å²) in [5.74, 6) is 0.690. The van der Waals surface area contributed by atoms with Gasteiger partial charge in [0.05, 0.1) is 15.8 Å². The number of nitrogens with one attached hydrogen (secondary N) is 1. The topological polar surface area (TPSA) is 37.8 Å². The van der Waals surface area contributed by atoms with Gasteiger partial charge < -0.3 is 5.32 Å². The van der Waals surface area contributed by atoms with Crippen molar-refractivity contribution >= 4 is 27.4 Å². The first-order valence-corrected chi connectivity index (χ1v) is 7.00. The van der Waals surface area contributed by atoms with Crippen LogP contribution in [0.4, 0.5) is 19.0 Å². The number of rotatable bonds is 3. The van der Waals surface area contributed by atoms with E-state index in [9.17, 15) is 13.2 Å². The molecular formula is C14H10F3N3S. The first-order valence-electron chi connectivity index (χ1n) is 6.12. The molecule has 0 amide bonds. The Morgan fingerprint density at radius 3 is 2.52 bits per heavy atom. The minimum absolute atomic E-state index is 0.405. The molecule has 0 aliphatic carbocycles. The minimum atomic E-state index is -4.30. The summed E-state index contributed by atoms with van der Waals surface area (Å²) in [6.07, 6.45) is -2.84. The van der Waals surface area contributed by atoms with Crippen LogP contribution in [0.5, 0.6) is 0 Å². The number of halogens is 3. The molecule has 0 saturated heterocycles. The lowest BCUT2D eigenvalue weighted by molar-refractivity contribution is -0.137. The van der Waals surface area contributed by atoms with Crippen LogP contribution in [0.1, 0.15) is 11.1 Å². The van der Waals surface area contributed by atoms with Gasteiger partial charge in [0.15, 0.2) is 0 Å². The van der Waals surface area contributed by atoms with Crippen molar-refractivity contribution < 1.29 is 13.2 Å². The molecule has 0 atom stereocenters. The number of nitrogens with zero attached hydrogens (tertiary/aromatic N) is 2. The summed E-state index contributed by atoms with van der Waals surface area (Å²) in [5, 5.41) is 5.05. The van der Waals surface area contributed by atoms with Crippen LogP contribution in [-0.4, -0.2) is 9.97 Å². The molecule has 0 aliphatic rings. The van der Waals surface area contributed by atoms with E-state index in [0.29, 0.717) is 12.4 Å². The molecule has 0 saturated carbocycles. The lowest BCUT2D eigenvalue weighted by Crippen LogP contribution is -2.06. The highest BCUT2D eigenvalue weighted by molar-refractivity contribution is 7.17. The number of thiophene rings is 1. The van der Waals surface area contributed by atoms with Gasteiger partial charge in [-0.3, -0.25) is 0 Å². The van der Waals surface area contributed by atoms with E-state index in [0.717, 1.165) is 27.9 Å². The third-order valence-electron chi connectivity index (χ3n) is 2.98. The van der Waals surface area contributed by atoms with E-state index in [1.807, 2.05) is 11.4 Å². The number of hydrogen-bond acceptors (Lipinski definition) is 4. The predicted molar refractivity (Wildman–Crippen MR) is 76.2 cm³/mol. The molecule has 0 unspecified atom stereocenters. The number of fused-ring (bicyclic) bond motifs is 1. The van der Waals surface area contributed by atoms with Crippen LogP contribution < -0.4 is 5.32 Å². The van der Waals surface area contributed by atoms with Gasteiger partial charge in [-0.2, -0.15) is 13.2 Å². The second-order valence-corrected chi connectivity index (χ2v) is 5.32. The highest BCUT2D eigenvalue weighted by Gasteiger charge is 2.29. The molecule has 0 aliphatic heterocycles. The minimum Gasteiger partial charge on any atom is -0.365 e. The van der Waals surface area contributed by atoms with E-state index in [1.54, 1.807) is 0 Å². The largest absolute Gasteiger partial charge is 0.416 e. The molecular weight excluding hydrogens is 299 g/mol. The summed E-state index contributed by atoms with van der Waals surface area (Å²) in [6, 6.07) is 6.98. The van der Waals surface area contributed by atoms with Crippen molar-refractivity contribution in [3.8, 4) is 0 Å². The van der Waals surface area contributed by atoms with Crippen LogP contribution in [0.25, 0.3) is 10.2 Å². The average molecular weight is 309 g/mol. The molecule has 0 fully saturated rings. The molecule has 21 heavy (non-hydrogen) atoms. The van der Waals surface area contributed by atoms with Gasteiger partial charge in [0.25, 0.3) is 0 Å². The van der Waals surface area contributed by atoms with Gasteiger partial charge in [0.2, 0.25) is 0 Å². The SMILES string of the molecule is FC(F)(F)c1ccc(CNc2ncnc3ccsc23)cc1. The molecule has 3 rings (SSSR count). The molecule has 3 aromatic rings. The van der Waals surface area contributed by atoms with E-state index in [4.69, 9.17) is 0 Å². The van der Waals surface area contributed by atoms with Crippen molar-refractivity contribution in [1.29, 1.82) is 0 Å². The monoisotopic (exact) mass is 309 g/mol. The fraction of sp³-hybridized carbons (Fsp3) is 0.143. The molecule has 2 heterocycles. The summed E-state index contributed by atoms with van der Waals surface area (Å²) >= 11 is 1.52. The zero-order valence-corrected chi connectivity index (χ0v) is 11.5. The lowest BCUT2D eigenvalue weighted by atomic mass is 10.1. The number of benzene rings is 1. The Morgan fingerprint density at radius 2 is 1.81 bits per heavy atom. The molecule has 0 spiro atoms. The zero-order valence-electron chi connectivity index (χ0n) is 10.7. The Hall–Kier alpha value is -2.15. The van der Waals surface area contributed by atoms with E-state index in [-0.39, 0.29) is 0 Å². The Morgan fingerprint density at radius 1 is 1.05 bits per heavy atom. The van der Waals surface area contributed by atoms with Crippen molar-refractivity contribution in [3.05, 3.63) is 53.2 Å². The average Bonchev–Trinajstić information content (AvgIpc) is 2.93. The molecule has 0 bridgehead atoms. The quantitative estimate of drug-likeness (QED) is 0.783. The summed E-state index contributed by atoms with van der Waals surface area (Å²) in [5.41, 5.74) is 0.963. The summed E-state index contributed by atoms with van der Waals surface area (Å²) < 4.78 is 38.4. The third-order valence-corrected chi connectivity index (χ3v) is 3.89. The van der Waals surface area contributed by atoms with Crippen LogP contribution >= 0.6 is 11.3 Å². The highest BCUT2D eigenvalue weighted by Crippen LogP contribution is 2.29. The molecule has 108 valence electrons. The highest BCUT2D eigenvalue weighted by atomic mass is 32.1. The van der Waals surface area contributed by atoms with Crippen LogP contribution in [0.3, 0.4) is 0 Å². The molecule has 1 N–H and O–H groups in total. The molecule has 0 radical (unpaired) electrons. The summed E-state index contributed by atoms with van der Waals surface area (Å²) in [7, 11) is 0. The summed E-state index contributed by atoms with van der Waals surface area (Å²) in [6.45, 7) is 0.405. The fourth-order valence-corrected chi connectivity index (χ4v) is 2.72.